The Bertz CT molecular complexity index is 356. The van der Waals surface area contributed by atoms with Crippen molar-refractivity contribution in [3.63, 3.8) is 0 Å². The minimum absolute atomic E-state index is 0.000287. The van der Waals surface area contributed by atoms with Crippen molar-refractivity contribution in [2.75, 3.05) is 6.61 Å². The summed E-state index contributed by atoms with van der Waals surface area (Å²) < 4.78 is 46.0. The highest BCUT2D eigenvalue weighted by Gasteiger charge is 2.38. The smallest absolute Gasteiger partial charge is 0.425 e. The molecule has 136 valence electrons. The van der Waals surface area contributed by atoms with Crippen molar-refractivity contribution in [1.82, 2.24) is 0 Å². The van der Waals surface area contributed by atoms with Gasteiger partial charge in [-0.2, -0.15) is 13.2 Å². The second kappa shape index (κ2) is 11.3. The summed E-state index contributed by atoms with van der Waals surface area (Å²) in [6.45, 7) is 5.25. The van der Waals surface area contributed by atoms with Crippen LogP contribution in [0.2, 0.25) is 0 Å². The van der Waals surface area contributed by atoms with E-state index in [1.54, 1.807) is 0 Å². The molecule has 0 spiro atoms. The maximum absolute atomic E-state index is 12.2. The molecule has 0 amide bonds. The number of ether oxygens (including phenoxy) is 2. The largest absolute Gasteiger partial charge is 0.465 e. The third-order valence-corrected chi connectivity index (χ3v) is 3.55. The van der Waals surface area contributed by atoms with Gasteiger partial charge in [0.05, 0.1) is 6.61 Å². The third kappa shape index (κ3) is 11.0. The summed E-state index contributed by atoms with van der Waals surface area (Å²) in [5.41, 5.74) is 0. The SMILES string of the molecule is CCCCC(CC)COC(=O)CCCC(=O)OC(C)C(F)(F)F. The number of carbonyl (C=O) groups excluding carboxylic acids is 2. The van der Waals surface area contributed by atoms with Crippen LogP contribution in [0.25, 0.3) is 0 Å². The van der Waals surface area contributed by atoms with Gasteiger partial charge >= 0.3 is 18.1 Å². The molecule has 0 N–H and O–H groups in total. The van der Waals surface area contributed by atoms with E-state index < -0.39 is 24.2 Å². The maximum atomic E-state index is 12.2. The molecule has 2 unspecified atom stereocenters. The number of hydrogen-bond donors (Lipinski definition) is 0. The Morgan fingerprint density at radius 1 is 1.04 bits per heavy atom. The molecule has 0 aromatic heterocycles. The number of carbonyl (C=O) groups is 2. The van der Waals surface area contributed by atoms with Crippen molar-refractivity contribution in [3.8, 4) is 0 Å². The number of rotatable bonds is 11. The molecular weight excluding hydrogens is 313 g/mol. The molecule has 0 aliphatic rings. The fourth-order valence-corrected chi connectivity index (χ4v) is 1.88. The molecule has 0 aliphatic carbocycles. The Balaban J connectivity index is 3.87. The summed E-state index contributed by atoms with van der Waals surface area (Å²) in [6.07, 6.45) is -2.72. The van der Waals surface area contributed by atoms with Gasteiger partial charge in [0, 0.05) is 12.8 Å². The van der Waals surface area contributed by atoms with Gasteiger partial charge in [0.25, 0.3) is 0 Å². The molecule has 0 aromatic rings. The van der Waals surface area contributed by atoms with Gasteiger partial charge in [0.1, 0.15) is 0 Å². The Kier molecular flexibility index (Phi) is 10.7. The minimum atomic E-state index is -4.57. The average Bonchev–Trinajstić information content (AvgIpc) is 2.46. The zero-order valence-electron chi connectivity index (χ0n) is 14.1. The standard InChI is InChI=1S/C16H27F3O4/c1-4-6-8-13(5-2)11-22-14(20)9-7-10-15(21)23-12(3)16(17,18)19/h12-13H,4-11H2,1-3H3. The number of alkyl halides is 3. The van der Waals surface area contributed by atoms with E-state index in [1.165, 1.54) is 0 Å². The first-order valence-corrected chi connectivity index (χ1v) is 8.12. The Morgan fingerprint density at radius 3 is 2.17 bits per heavy atom. The number of halogens is 3. The summed E-state index contributed by atoms with van der Waals surface area (Å²) in [5.74, 6) is -1.06. The maximum Gasteiger partial charge on any atom is 0.425 e. The first-order valence-electron chi connectivity index (χ1n) is 8.12. The van der Waals surface area contributed by atoms with E-state index in [4.69, 9.17) is 4.74 Å². The molecule has 7 heteroatoms. The van der Waals surface area contributed by atoms with Gasteiger partial charge in [-0.05, 0) is 25.7 Å². The van der Waals surface area contributed by atoms with E-state index in [2.05, 4.69) is 11.7 Å². The van der Waals surface area contributed by atoms with Crippen molar-refractivity contribution in [2.45, 2.75) is 78.0 Å². The third-order valence-electron chi connectivity index (χ3n) is 3.55. The van der Waals surface area contributed by atoms with Crippen molar-refractivity contribution >= 4 is 11.9 Å². The van der Waals surface area contributed by atoms with E-state index in [0.29, 0.717) is 12.5 Å². The molecule has 0 aromatic carbocycles. The van der Waals surface area contributed by atoms with Gasteiger partial charge in [0.2, 0.25) is 0 Å². The van der Waals surface area contributed by atoms with Crippen molar-refractivity contribution in [2.24, 2.45) is 5.92 Å². The monoisotopic (exact) mass is 340 g/mol. The van der Waals surface area contributed by atoms with Crippen molar-refractivity contribution in [3.05, 3.63) is 0 Å². The predicted octanol–water partition coefficient (Wildman–Crippen LogP) is 4.41. The fraction of sp³-hybridized carbons (Fsp3) is 0.875. The molecular formula is C16H27F3O4. The predicted molar refractivity (Wildman–Crippen MR) is 79.7 cm³/mol. The van der Waals surface area contributed by atoms with Crippen LogP contribution in [-0.2, 0) is 19.1 Å². The van der Waals surface area contributed by atoms with E-state index in [-0.39, 0.29) is 19.3 Å². The Morgan fingerprint density at radius 2 is 1.65 bits per heavy atom. The minimum Gasteiger partial charge on any atom is -0.465 e. The highest BCUT2D eigenvalue weighted by atomic mass is 19.4. The van der Waals surface area contributed by atoms with Gasteiger partial charge in [-0.25, -0.2) is 0 Å². The first-order chi connectivity index (χ1) is 10.7. The quantitative estimate of drug-likeness (QED) is 0.523. The topological polar surface area (TPSA) is 52.6 Å². The highest BCUT2D eigenvalue weighted by Crippen LogP contribution is 2.22. The number of esters is 2. The van der Waals surface area contributed by atoms with E-state index in [9.17, 15) is 22.8 Å². The number of hydrogen-bond acceptors (Lipinski definition) is 4. The van der Waals surface area contributed by atoms with Crippen LogP contribution in [0.15, 0.2) is 0 Å². The zero-order chi connectivity index (χ0) is 17.9. The van der Waals surface area contributed by atoms with Crippen LogP contribution >= 0.6 is 0 Å². The molecule has 0 rings (SSSR count). The van der Waals surface area contributed by atoms with Crippen LogP contribution < -0.4 is 0 Å². The van der Waals surface area contributed by atoms with E-state index >= 15 is 0 Å². The van der Waals surface area contributed by atoms with Gasteiger partial charge < -0.3 is 9.47 Å². The summed E-state index contributed by atoms with van der Waals surface area (Å²) in [4.78, 5) is 22.8. The lowest BCUT2D eigenvalue weighted by Gasteiger charge is -2.16. The van der Waals surface area contributed by atoms with Crippen LogP contribution in [-0.4, -0.2) is 30.8 Å². The molecule has 0 bridgehead atoms. The highest BCUT2D eigenvalue weighted by molar-refractivity contribution is 5.72. The van der Waals surface area contributed by atoms with Gasteiger partial charge in [-0.3, -0.25) is 9.59 Å². The van der Waals surface area contributed by atoms with Crippen LogP contribution in [0.1, 0.15) is 65.7 Å². The van der Waals surface area contributed by atoms with Crippen LogP contribution in [0, 0.1) is 5.92 Å². The van der Waals surface area contributed by atoms with Crippen molar-refractivity contribution in [1.29, 1.82) is 0 Å². The lowest BCUT2D eigenvalue weighted by Crippen LogP contribution is -2.30. The second-order valence-electron chi connectivity index (χ2n) is 5.63. The van der Waals surface area contributed by atoms with Crippen LogP contribution in [0.4, 0.5) is 13.2 Å². The summed E-state index contributed by atoms with van der Waals surface area (Å²) in [6, 6.07) is 0. The summed E-state index contributed by atoms with van der Waals surface area (Å²) in [7, 11) is 0. The second-order valence-corrected chi connectivity index (χ2v) is 5.63. The summed E-state index contributed by atoms with van der Waals surface area (Å²) >= 11 is 0. The number of unbranched alkanes of at least 4 members (excludes halogenated alkanes) is 1. The molecule has 4 nitrogen and oxygen atoms in total. The lowest BCUT2D eigenvalue weighted by atomic mass is 10.0. The molecule has 0 saturated carbocycles. The van der Waals surface area contributed by atoms with Gasteiger partial charge in [-0.1, -0.05) is 33.1 Å². The zero-order valence-corrected chi connectivity index (χ0v) is 14.1. The molecule has 0 heterocycles. The van der Waals surface area contributed by atoms with Crippen molar-refractivity contribution < 1.29 is 32.2 Å². The summed E-state index contributed by atoms with van der Waals surface area (Å²) in [5, 5.41) is 0. The van der Waals surface area contributed by atoms with Crippen LogP contribution in [0.5, 0.6) is 0 Å². The van der Waals surface area contributed by atoms with Crippen LogP contribution in [0.3, 0.4) is 0 Å². The molecule has 0 aliphatic heterocycles. The molecule has 0 saturated heterocycles. The fourth-order valence-electron chi connectivity index (χ4n) is 1.88. The Labute approximate surface area is 135 Å². The van der Waals surface area contributed by atoms with E-state index in [0.717, 1.165) is 32.6 Å². The first kappa shape index (κ1) is 21.7. The Hall–Kier alpha value is -1.27. The average molecular weight is 340 g/mol. The molecule has 0 fully saturated rings. The molecule has 2 atom stereocenters. The van der Waals surface area contributed by atoms with Gasteiger partial charge in [-0.15, -0.1) is 0 Å². The van der Waals surface area contributed by atoms with E-state index in [1.807, 2.05) is 6.92 Å². The molecule has 0 radical (unpaired) electrons. The van der Waals surface area contributed by atoms with Gasteiger partial charge in [0.15, 0.2) is 6.10 Å². The lowest BCUT2D eigenvalue weighted by molar-refractivity contribution is -0.216. The molecule has 23 heavy (non-hydrogen) atoms. The normalized spacial score (nSPS) is 14.2.